The summed E-state index contributed by atoms with van der Waals surface area (Å²) in [6, 6.07) is 10.1. The van der Waals surface area contributed by atoms with Gasteiger partial charge in [-0.15, -0.1) is 0 Å². The molecule has 3 rings (SSSR count). The van der Waals surface area contributed by atoms with Gasteiger partial charge in [0.2, 0.25) is 0 Å². The maximum Gasteiger partial charge on any atom is 0.145 e. The zero-order chi connectivity index (χ0) is 31.6. The highest BCUT2D eigenvalue weighted by molar-refractivity contribution is 5.74. The summed E-state index contributed by atoms with van der Waals surface area (Å²) in [5.74, 6) is -0.588. The number of carbonyl (C=O) groups is 1. The van der Waals surface area contributed by atoms with E-state index < -0.39 is 23.2 Å². The molecular formula is C38H54O5. The Morgan fingerprint density at radius 1 is 1.16 bits per heavy atom. The van der Waals surface area contributed by atoms with E-state index in [-0.39, 0.29) is 18.4 Å². The van der Waals surface area contributed by atoms with Gasteiger partial charge in [-0.05, 0) is 115 Å². The van der Waals surface area contributed by atoms with Gasteiger partial charge in [-0.2, -0.15) is 0 Å². The van der Waals surface area contributed by atoms with Crippen molar-refractivity contribution in [2.75, 3.05) is 6.61 Å². The van der Waals surface area contributed by atoms with Gasteiger partial charge in [-0.3, -0.25) is 4.79 Å². The summed E-state index contributed by atoms with van der Waals surface area (Å²) in [5.41, 5.74) is 3.78. The highest BCUT2D eigenvalue weighted by Crippen LogP contribution is 2.63. The van der Waals surface area contributed by atoms with Crippen molar-refractivity contribution in [3.63, 3.8) is 0 Å². The van der Waals surface area contributed by atoms with E-state index >= 15 is 0 Å². The molecule has 0 aromatic heterocycles. The molecule has 0 radical (unpaired) electrons. The van der Waals surface area contributed by atoms with Crippen molar-refractivity contribution in [2.45, 2.75) is 110 Å². The number of benzene rings is 1. The monoisotopic (exact) mass is 590 g/mol. The number of aliphatic hydroxyl groups excluding tert-OH is 3. The average molecular weight is 591 g/mol. The first kappa shape index (κ1) is 34.9. The standard InChI is InChI=1S/C38H54O5/c1-27(2)12-9-13-28(3)14-10-17-32(35(41)20-19-30-15-7-6-8-16-30)33-22-24-38(36(33)42)34(18-11-25-39)31(29(4)26-40)21-23-37(38,5)43/h6-8,10,12,14-17,26,33-36,39,41-43H,3,9,11,13,18-25H2,1-2,4-5H3/t33-,34+,35-,36-,37-,38-/m1/s1. The number of aryl methyl sites for hydroxylation is 1. The van der Waals surface area contributed by atoms with E-state index in [4.69, 9.17) is 0 Å². The molecule has 0 heterocycles. The summed E-state index contributed by atoms with van der Waals surface area (Å²) in [7, 11) is 0. The second kappa shape index (κ2) is 15.9. The molecule has 0 amide bonds. The van der Waals surface area contributed by atoms with Crippen LogP contribution in [0.4, 0.5) is 0 Å². The van der Waals surface area contributed by atoms with E-state index in [1.165, 1.54) is 5.57 Å². The first-order valence-electron chi connectivity index (χ1n) is 16.1. The van der Waals surface area contributed by atoms with Crippen LogP contribution in [-0.2, 0) is 11.2 Å². The van der Waals surface area contributed by atoms with Crippen LogP contribution in [0.3, 0.4) is 0 Å². The van der Waals surface area contributed by atoms with Gasteiger partial charge in [0.15, 0.2) is 0 Å². The molecule has 4 N–H and O–H groups in total. The van der Waals surface area contributed by atoms with Crippen molar-refractivity contribution in [1.82, 2.24) is 0 Å². The Balaban J connectivity index is 1.98. The Morgan fingerprint density at radius 2 is 1.88 bits per heavy atom. The summed E-state index contributed by atoms with van der Waals surface area (Å²) in [6.45, 7) is 12.0. The van der Waals surface area contributed by atoms with Gasteiger partial charge in [0.05, 0.1) is 17.8 Å². The van der Waals surface area contributed by atoms with Gasteiger partial charge in [-0.25, -0.2) is 0 Å². The molecule has 43 heavy (non-hydrogen) atoms. The van der Waals surface area contributed by atoms with Crippen LogP contribution in [0.5, 0.6) is 0 Å². The van der Waals surface area contributed by atoms with E-state index in [0.717, 1.165) is 41.4 Å². The number of hydrogen-bond donors (Lipinski definition) is 4. The molecule has 5 nitrogen and oxygen atoms in total. The number of hydrogen-bond acceptors (Lipinski definition) is 5. The fourth-order valence-electron chi connectivity index (χ4n) is 7.64. The summed E-state index contributed by atoms with van der Waals surface area (Å²) in [5, 5.41) is 45.6. The second-order valence-corrected chi connectivity index (χ2v) is 13.2. The molecule has 1 spiro atoms. The Labute approximate surface area is 259 Å². The van der Waals surface area contributed by atoms with Gasteiger partial charge in [0.25, 0.3) is 0 Å². The van der Waals surface area contributed by atoms with Crippen LogP contribution >= 0.6 is 0 Å². The van der Waals surface area contributed by atoms with E-state index in [9.17, 15) is 25.2 Å². The van der Waals surface area contributed by atoms with Crippen LogP contribution in [0.2, 0.25) is 0 Å². The molecule has 0 saturated heterocycles. The number of rotatable bonds is 14. The van der Waals surface area contributed by atoms with Gasteiger partial charge in [0.1, 0.15) is 6.29 Å². The molecule has 5 heteroatoms. The van der Waals surface area contributed by atoms with Crippen LogP contribution in [0, 0.1) is 17.3 Å². The molecule has 2 aliphatic carbocycles. The predicted octanol–water partition coefficient (Wildman–Crippen LogP) is 6.97. The molecule has 236 valence electrons. The molecule has 0 bridgehead atoms. The fraction of sp³-hybridized carbons (Fsp3) is 0.553. The Kier molecular flexibility index (Phi) is 12.9. The number of carbonyl (C=O) groups excluding carboxylic acids is 1. The van der Waals surface area contributed by atoms with E-state index in [1.54, 1.807) is 0 Å². The zero-order valence-corrected chi connectivity index (χ0v) is 26.8. The van der Waals surface area contributed by atoms with Gasteiger partial charge in [-0.1, -0.05) is 77.9 Å². The summed E-state index contributed by atoms with van der Waals surface area (Å²) in [4.78, 5) is 11.9. The lowest BCUT2D eigenvalue weighted by Crippen LogP contribution is -2.59. The van der Waals surface area contributed by atoms with Gasteiger partial charge < -0.3 is 20.4 Å². The minimum absolute atomic E-state index is 0.00726. The topological polar surface area (TPSA) is 98.0 Å². The summed E-state index contributed by atoms with van der Waals surface area (Å²) < 4.78 is 0. The predicted molar refractivity (Wildman–Crippen MR) is 175 cm³/mol. The van der Waals surface area contributed by atoms with Crippen molar-refractivity contribution < 1.29 is 25.2 Å². The molecule has 2 aliphatic rings. The molecule has 1 aromatic carbocycles. The van der Waals surface area contributed by atoms with Crippen molar-refractivity contribution in [3.05, 3.63) is 94.6 Å². The third kappa shape index (κ3) is 8.33. The SMILES string of the molecule is C=C(C=CC=C([C@H](O)CCc1ccccc1)[C@H]1CC[C@]2([C@@H]1O)[C@@H](CCCO)C(=C(C)C=O)CC[C@@]2(C)O)CCC=C(C)C. The van der Waals surface area contributed by atoms with Crippen LogP contribution in [0.1, 0.15) is 91.0 Å². The quantitative estimate of drug-likeness (QED) is 0.0812. The summed E-state index contributed by atoms with van der Waals surface area (Å²) in [6.07, 6.45) is 13.6. The molecule has 1 aromatic rings. The second-order valence-electron chi connectivity index (χ2n) is 13.2. The molecule has 2 saturated carbocycles. The van der Waals surface area contributed by atoms with Crippen LogP contribution in [0.25, 0.3) is 0 Å². The van der Waals surface area contributed by atoms with Crippen molar-refractivity contribution in [3.8, 4) is 0 Å². The van der Waals surface area contributed by atoms with Crippen molar-refractivity contribution in [1.29, 1.82) is 0 Å². The lowest BCUT2D eigenvalue weighted by Gasteiger charge is -2.55. The molecule has 0 aliphatic heterocycles. The fourth-order valence-corrected chi connectivity index (χ4v) is 7.64. The number of aldehydes is 1. The van der Waals surface area contributed by atoms with Crippen LogP contribution < -0.4 is 0 Å². The first-order valence-corrected chi connectivity index (χ1v) is 16.1. The largest absolute Gasteiger partial charge is 0.396 e. The Bertz CT molecular complexity index is 1200. The van der Waals surface area contributed by atoms with E-state index in [1.807, 2.05) is 50.3 Å². The first-order chi connectivity index (χ1) is 20.5. The van der Waals surface area contributed by atoms with Crippen LogP contribution in [-0.4, -0.2) is 51.1 Å². The molecular weight excluding hydrogens is 536 g/mol. The molecule has 6 atom stereocenters. The molecule has 0 unspecified atom stereocenters. The van der Waals surface area contributed by atoms with E-state index in [0.29, 0.717) is 56.9 Å². The highest BCUT2D eigenvalue weighted by atomic mass is 16.3. The maximum absolute atomic E-state index is 12.3. The number of aliphatic hydroxyl groups is 4. The van der Waals surface area contributed by atoms with Crippen LogP contribution in [0.15, 0.2) is 89.1 Å². The van der Waals surface area contributed by atoms with Gasteiger partial charge in [0, 0.05) is 17.9 Å². The maximum atomic E-state index is 12.3. The third-order valence-electron chi connectivity index (χ3n) is 10.0. The lowest BCUT2D eigenvalue weighted by molar-refractivity contribution is -0.168. The third-order valence-corrected chi connectivity index (χ3v) is 10.0. The van der Waals surface area contributed by atoms with Crippen molar-refractivity contribution in [2.24, 2.45) is 17.3 Å². The number of allylic oxidation sites excluding steroid dienone is 8. The zero-order valence-electron chi connectivity index (χ0n) is 26.8. The minimum Gasteiger partial charge on any atom is -0.396 e. The molecule has 2 fully saturated rings. The average Bonchev–Trinajstić information content (AvgIpc) is 3.32. The van der Waals surface area contributed by atoms with Gasteiger partial charge >= 0.3 is 0 Å². The Hall–Kier alpha value is -2.57. The smallest absolute Gasteiger partial charge is 0.145 e. The van der Waals surface area contributed by atoms with E-state index in [2.05, 4.69) is 38.6 Å². The van der Waals surface area contributed by atoms with Crippen molar-refractivity contribution >= 4 is 6.29 Å². The minimum atomic E-state index is -1.16. The normalized spacial score (nSPS) is 29.6. The summed E-state index contributed by atoms with van der Waals surface area (Å²) >= 11 is 0. The lowest BCUT2D eigenvalue weighted by atomic mass is 9.52. The Morgan fingerprint density at radius 3 is 2.53 bits per heavy atom. The highest BCUT2D eigenvalue weighted by Gasteiger charge is 2.64.